The zero-order valence-electron chi connectivity index (χ0n) is 12.0. The van der Waals surface area contributed by atoms with E-state index in [-0.39, 0.29) is 5.56 Å². The number of aromatic nitrogens is 1. The Labute approximate surface area is 130 Å². The standard InChI is InChI=1S/C16H14N2O3S/c1-10-9-18-14(22-10)6-7-17-15(19)12-8-11-4-2-3-5-13(11)21-16(12)20/h2-5,8-9H,6-7H2,1H3,(H,17,19). The van der Waals surface area contributed by atoms with Gasteiger partial charge in [0.25, 0.3) is 5.91 Å². The second kappa shape index (κ2) is 6.11. The molecular formula is C16H14N2O3S. The second-order valence-electron chi connectivity index (χ2n) is 4.86. The number of aryl methyl sites for hydroxylation is 1. The molecular weight excluding hydrogens is 300 g/mol. The lowest BCUT2D eigenvalue weighted by atomic mass is 10.2. The lowest BCUT2D eigenvalue weighted by molar-refractivity contribution is 0.0950. The van der Waals surface area contributed by atoms with Crippen LogP contribution >= 0.6 is 11.3 Å². The summed E-state index contributed by atoms with van der Waals surface area (Å²) in [5.41, 5.74) is -0.127. The number of rotatable bonds is 4. The molecule has 1 N–H and O–H groups in total. The molecule has 3 aromatic rings. The molecule has 22 heavy (non-hydrogen) atoms. The van der Waals surface area contributed by atoms with E-state index in [4.69, 9.17) is 4.42 Å². The maximum absolute atomic E-state index is 12.1. The first-order valence-electron chi connectivity index (χ1n) is 6.86. The molecule has 0 aliphatic rings. The summed E-state index contributed by atoms with van der Waals surface area (Å²) < 4.78 is 5.16. The van der Waals surface area contributed by atoms with Crippen LogP contribution in [0.3, 0.4) is 0 Å². The SMILES string of the molecule is Cc1cnc(CCNC(=O)c2cc3ccccc3oc2=O)s1. The molecule has 0 unspecified atom stereocenters. The van der Waals surface area contributed by atoms with Crippen LogP contribution in [-0.2, 0) is 6.42 Å². The number of hydrogen-bond donors (Lipinski definition) is 1. The number of amides is 1. The fraction of sp³-hybridized carbons (Fsp3) is 0.188. The molecule has 1 amide bonds. The second-order valence-corrected chi connectivity index (χ2v) is 6.18. The zero-order chi connectivity index (χ0) is 15.5. The molecule has 0 aliphatic heterocycles. The highest BCUT2D eigenvalue weighted by Crippen LogP contribution is 2.13. The van der Waals surface area contributed by atoms with Crippen molar-refractivity contribution in [1.82, 2.24) is 10.3 Å². The highest BCUT2D eigenvalue weighted by Gasteiger charge is 2.13. The van der Waals surface area contributed by atoms with Crippen molar-refractivity contribution in [2.24, 2.45) is 0 Å². The third-order valence-corrected chi connectivity index (χ3v) is 4.15. The van der Waals surface area contributed by atoms with Gasteiger partial charge in [0.2, 0.25) is 0 Å². The van der Waals surface area contributed by atoms with Crippen molar-refractivity contribution in [3.63, 3.8) is 0 Å². The van der Waals surface area contributed by atoms with E-state index in [1.54, 1.807) is 41.8 Å². The quantitative estimate of drug-likeness (QED) is 0.751. The molecule has 6 heteroatoms. The van der Waals surface area contributed by atoms with Gasteiger partial charge >= 0.3 is 5.63 Å². The molecule has 0 spiro atoms. The Morgan fingerprint density at radius 3 is 2.95 bits per heavy atom. The van der Waals surface area contributed by atoms with E-state index in [2.05, 4.69) is 10.3 Å². The highest BCUT2D eigenvalue weighted by molar-refractivity contribution is 7.11. The number of nitrogens with zero attached hydrogens (tertiary/aromatic N) is 1. The highest BCUT2D eigenvalue weighted by atomic mass is 32.1. The Hall–Kier alpha value is -2.47. The topological polar surface area (TPSA) is 72.2 Å². The van der Waals surface area contributed by atoms with Crippen LogP contribution in [0.25, 0.3) is 11.0 Å². The molecule has 2 aromatic heterocycles. The van der Waals surface area contributed by atoms with Crippen molar-refractivity contribution in [3.05, 3.63) is 62.4 Å². The molecule has 0 saturated carbocycles. The number of carbonyl (C=O) groups excluding carboxylic acids is 1. The van der Waals surface area contributed by atoms with Gasteiger partial charge in [-0.3, -0.25) is 4.79 Å². The summed E-state index contributed by atoms with van der Waals surface area (Å²) >= 11 is 1.60. The molecule has 0 fully saturated rings. The number of carbonyl (C=O) groups is 1. The first-order valence-corrected chi connectivity index (χ1v) is 7.67. The Bertz CT molecular complexity index is 882. The van der Waals surface area contributed by atoms with E-state index < -0.39 is 11.5 Å². The Balaban J connectivity index is 1.72. The van der Waals surface area contributed by atoms with Gasteiger partial charge in [0.1, 0.15) is 11.1 Å². The molecule has 0 bridgehead atoms. The normalized spacial score (nSPS) is 10.8. The van der Waals surface area contributed by atoms with Crippen LogP contribution in [0, 0.1) is 6.92 Å². The van der Waals surface area contributed by atoms with Crippen molar-refractivity contribution < 1.29 is 9.21 Å². The summed E-state index contributed by atoms with van der Waals surface area (Å²) in [5, 5.41) is 4.42. The van der Waals surface area contributed by atoms with Gasteiger partial charge in [0, 0.05) is 29.4 Å². The average molecular weight is 314 g/mol. The van der Waals surface area contributed by atoms with Gasteiger partial charge < -0.3 is 9.73 Å². The number of hydrogen-bond acceptors (Lipinski definition) is 5. The van der Waals surface area contributed by atoms with Crippen LogP contribution < -0.4 is 10.9 Å². The predicted molar refractivity (Wildman–Crippen MR) is 85.4 cm³/mol. The smallest absolute Gasteiger partial charge is 0.349 e. The van der Waals surface area contributed by atoms with Crippen molar-refractivity contribution >= 4 is 28.2 Å². The predicted octanol–water partition coefficient (Wildman–Crippen LogP) is 2.53. The summed E-state index contributed by atoms with van der Waals surface area (Å²) in [7, 11) is 0. The van der Waals surface area contributed by atoms with E-state index in [1.165, 1.54) is 0 Å². The summed E-state index contributed by atoms with van der Waals surface area (Å²) in [6.45, 7) is 2.41. The monoisotopic (exact) mass is 314 g/mol. The van der Waals surface area contributed by atoms with Gasteiger partial charge in [-0.25, -0.2) is 9.78 Å². The van der Waals surface area contributed by atoms with Crippen molar-refractivity contribution in [3.8, 4) is 0 Å². The third-order valence-electron chi connectivity index (χ3n) is 3.18. The van der Waals surface area contributed by atoms with Gasteiger partial charge in [0.15, 0.2) is 0 Å². The third kappa shape index (κ3) is 3.07. The van der Waals surface area contributed by atoms with Crippen LogP contribution in [-0.4, -0.2) is 17.4 Å². The van der Waals surface area contributed by atoms with Crippen molar-refractivity contribution in [1.29, 1.82) is 0 Å². The first-order chi connectivity index (χ1) is 10.6. The maximum atomic E-state index is 12.1. The molecule has 0 aliphatic carbocycles. The molecule has 3 rings (SSSR count). The minimum absolute atomic E-state index is 0.0222. The maximum Gasteiger partial charge on any atom is 0.349 e. The number of benzene rings is 1. The van der Waals surface area contributed by atoms with Crippen LogP contribution in [0.15, 0.2) is 45.7 Å². The van der Waals surface area contributed by atoms with Gasteiger partial charge in [-0.05, 0) is 19.1 Å². The minimum Gasteiger partial charge on any atom is -0.422 e. The molecule has 0 radical (unpaired) electrons. The van der Waals surface area contributed by atoms with Crippen LogP contribution in [0.5, 0.6) is 0 Å². The summed E-state index contributed by atoms with van der Waals surface area (Å²) in [4.78, 5) is 29.4. The van der Waals surface area contributed by atoms with E-state index in [0.717, 1.165) is 15.3 Å². The first kappa shape index (κ1) is 14.5. The zero-order valence-corrected chi connectivity index (χ0v) is 12.8. The van der Waals surface area contributed by atoms with Gasteiger partial charge in [-0.1, -0.05) is 18.2 Å². The molecule has 1 aromatic carbocycles. The van der Waals surface area contributed by atoms with Crippen LogP contribution in [0.4, 0.5) is 0 Å². The van der Waals surface area contributed by atoms with Gasteiger partial charge in [-0.15, -0.1) is 11.3 Å². The van der Waals surface area contributed by atoms with Gasteiger partial charge in [-0.2, -0.15) is 0 Å². The lowest BCUT2D eigenvalue weighted by Gasteiger charge is -2.04. The Morgan fingerprint density at radius 1 is 1.36 bits per heavy atom. The number of para-hydroxylation sites is 1. The summed E-state index contributed by atoms with van der Waals surface area (Å²) in [6.07, 6.45) is 2.45. The van der Waals surface area contributed by atoms with Crippen LogP contribution in [0.1, 0.15) is 20.2 Å². The molecule has 0 saturated heterocycles. The fourth-order valence-corrected chi connectivity index (χ4v) is 2.90. The van der Waals surface area contributed by atoms with Gasteiger partial charge in [0.05, 0.1) is 5.01 Å². The molecule has 5 nitrogen and oxygen atoms in total. The van der Waals surface area contributed by atoms with E-state index >= 15 is 0 Å². The average Bonchev–Trinajstić information content (AvgIpc) is 2.92. The Morgan fingerprint density at radius 2 is 2.18 bits per heavy atom. The number of nitrogens with one attached hydrogen (secondary N) is 1. The summed E-state index contributed by atoms with van der Waals surface area (Å²) in [6, 6.07) is 8.66. The van der Waals surface area contributed by atoms with Crippen molar-refractivity contribution in [2.75, 3.05) is 6.54 Å². The van der Waals surface area contributed by atoms with Crippen LogP contribution in [0.2, 0.25) is 0 Å². The molecule has 2 heterocycles. The summed E-state index contributed by atoms with van der Waals surface area (Å²) in [5.74, 6) is -0.423. The molecule has 112 valence electrons. The molecule has 0 atom stereocenters. The Kier molecular flexibility index (Phi) is 4.02. The van der Waals surface area contributed by atoms with Crippen molar-refractivity contribution in [2.45, 2.75) is 13.3 Å². The lowest BCUT2D eigenvalue weighted by Crippen LogP contribution is -2.29. The largest absolute Gasteiger partial charge is 0.422 e. The minimum atomic E-state index is -0.624. The number of thiazole rings is 1. The van der Waals surface area contributed by atoms with E-state index in [1.807, 2.05) is 13.0 Å². The van der Waals surface area contributed by atoms with E-state index in [0.29, 0.717) is 18.5 Å². The fourth-order valence-electron chi connectivity index (χ4n) is 2.12. The number of fused-ring (bicyclic) bond motifs is 1. The van der Waals surface area contributed by atoms with E-state index in [9.17, 15) is 9.59 Å².